The molecule has 4 nitrogen and oxygen atoms in total. The van der Waals surface area contributed by atoms with E-state index in [1.54, 1.807) is 0 Å². The van der Waals surface area contributed by atoms with E-state index in [-0.39, 0.29) is 19.0 Å². The molecule has 3 atom stereocenters. The molecule has 1 saturated heterocycles. The summed E-state index contributed by atoms with van der Waals surface area (Å²) in [6.07, 6.45) is -0.0611. The number of hydrogen-bond donors (Lipinski definition) is 2. The number of methoxy groups -OCH3 is 1. The Labute approximate surface area is 65.7 Å². The number of ether oxygens (including phenoxy) is 2. The van der Waals surface area contributed by atoms with Crippen molar-refractivity contribution in [2.24, 2.45) is 0 Å². The zero-order chi connectivity index (χ0) is 8.27. The summed E-state index contributed by atoms with van der Waals surface area (Å²) in [4.78, 5) is 0. The van der Waals surface area contributed by atoms with Gasteiger partial charge in [-0.1, -0.05) is 0 Å². The maximum Gasteiger partial charge on any atom is 0.160 e. The summed E-state index contributed by atoms with van der Waals surface area (Å²) in [5, 5.41) is 18.0. The van der Waals surface area contributed by atoms with Gasteiger partial charge in [-0.3, -0.25) is 0 Å². The number of hydrogen-bond acceptors (Lipinski definition) is 4. The van der Waals surface area contributed by atoms with E-state index in [4.69, 9.17) is 14.6 Å². The Bertz CT molecular complexity index is 105. The predicted octanol–water partition coefficient (Wildman–Crippen LogP) is -0.509. The van der Waals surface area contributed by atoms with Gasteiger partial charge in [-0.15, -0.1) is 0 Å². The van der Waals surface area contributed by atoms with E-state index < -0.39 is 6.10 Å². The zero-order valence-corrected chi connectivity index (χ0v) is 6.56. The normalized spacial score (nSPS) is 39.0. The molecule has 66 valence electrons. The van der Waals surface area contributed by atoms with Gasteiger partial charge in [0.15, 0.2) is 6.29 Å². The maximum atomic E-state index is 9.24. The van der Waals surface area contributed by atoms with Crippen molar-refractivity contribution in [1.29, 1.82) is 0 Å². The summed E-state index contributed by atoms with van der Waals surface area (Å²) in [7, 11) is 1.52. The van der Waals surface area contributed by atoms with Gasteiger partial charge in [-0.2, -0.15) is 0 Å². The van der Waals surface area contributed by atoms with E-state index in [0.717, 1.165) is 0 Å². The second kappa shape index (κ2) is 4.01. The first-order valence-electron chi connectivity index (χ1n) is 3.73. The largest absolute Gasteiger partial charge is 0.394 e. The molecule has 1 aliphatic heterocycles. The van der Waals surface area contributed by atoms with Crippen LogP contribution in [0, 0.1) is 0 Å². The molecule has 1 aliphatic rings. The van der Waals surface area contributed by atoms with Crippen LogP contribution in [-0.4, -0.2) is 42.4 Å². The van der Waals surface area contributed by atoms with Crippen LogP contribution in [0.3, 0.4) is 0 Å². The van der Waals surface area contributed by atoms with E-state index in [2.05, 4.69) is 0 Å². The predicted molar refractivity (Wildman–Crippen MR) is 38.0 cm³/mol. The van der Waals surface area contributed by atoms with Crippen molar-refractivity contribution in [3.63, 3.8) is 0 Å². The summed E-state index contributed by atoms with van der Waals surface area (Å²) in [5.74, 6) is 0. The first kappa shape index (κ1) is 8.93. The first-order chi connectivity index (χ1) is 5.26. The molecular weight excluding hydrogens is 148 g/mol. The number of aliphatic hydroxyl groups excluding tert-OH is 2. The van der Waals surface area contributed by atoms with Gasteiger partial charge in [0.05, 0.1) is 18.8 Å². The molecule has 11 heavy (non-hydrogen) atoms. The van der Waals surface area contributed by atoms with Crippen molar-refractivity contribution in [3.8, 4) is 0 Å². The Morgan fingerprint density at radius 3 is 2.82 bits per heavy atom. The molecule has 0 bridgehead atoms. The van der Waals surface area contributed by atoms with Crippen molar-refractivity contribution >= 4 is 0 Å². The van der Waals surface area contributed by atoms with Crippen LogP contribution in [0.4, 0.5) is 0 Å². The van der Waals surface area contributed by atoms with Gasteiger partial charge < -0.3 is 19.7 Å². The summed E-state index contributed by atoms with van der Waals surface area (Å²) in [6.45, 7) is -0.0586. The average Bonchev–Trinajstić information content (AvgIpc) is 2.03. The number of rotatable bonds is 2. The van der Waals surface area contributed by atoms with E-state index in [1.165, 1.54) is 7.11 Å². The third-order valence-electron chi connectivity index (χ3n) is 1.81. The van der Waals surface area contributed by atoms with Crippen LogP contribution in [-0.2, 0) is 9.47 Å². The molecule has 0 saturated carbocycles. The smallest absolute Gasteiger partial charge is 0.160 e. The van der Waals surface area contributed by atoms with Crippen molar-refractivity contribution in [3.05, 3.63) is 0 Å². The van der Waals surface area contributed by atoms with E-state index >= 15 is 0 Å². The second-order valence-electron chi connectivity index (χ2n) is 2.73. The molecule has 0 aromatic heterocycles. The first-order valence-corrected chi connectivity index (χ1v) is 3.73. The Hall–Kier alpha value is -0.160. The molecule has 0 aromatic carbocycles. The van der Waals surface area contributed by atoms with Crippen LogP contribution < -0.4 is 0 Å². The molecule has 0 aromatic rings. The standard InChI is InChI=1S/C7H14O4/c1-10-7-3-5(9)2-6(4-8)11-7/h5-9H,2-4H2,1H3/t5-,6-,7+/m0/s1. The molecular formula is C7H14O4. The quantitative estimate of drug-likeness (QED) is 0.574. The summed E-state index contributed by atoms with van der Waals surface area (Å²) in [6, 6.07) is 0. The fourth-order valence-electron chi connectivity index (χ4n) is 1.22. The van der Waals surface area contributed by atoms with Gasteiger partial charge in [0.1, 0.15) is 0 Å². The van der Waals surface area contributed by atoms with E-state index in [1.807, 2.05) is 0 Å². The fraction of sp³-hybridized carbons (Fsp3) is 1.00. The minimum atomic E-state index is -0.411. The minimum Gasteiger partial charge on any atom is -0.394 e. The van der Waals surface area contributed by atoms with Crippen LogP contribution in [0.25, 0.3) is 0 Å². The van der Waals surface area contributed by atoms with Gasteiger partial charge >= 0.3 is 0 Å². The molecule has 1 rings (SSSR count). The molecule has 1 heterocycles. The van der Waals surface area contributed by atoms with Crippen LogP contribution >= 0.6 is 0 Å². The Kier molecular flexibility index (Phi) is 3.26. The molecule has 0 aliphatic carbocycles. The highest BCUT2D eigenvalue weighted by atomic mass is 16.7. The third kappa shape index (κ3) is 2.41. The molecule has 0 spiro atoms. The van der Waals surface area contributed by atoms with Crippen LogP contribution in [0.15, 0.2) is 0 Å². The Morgan fingerprint density at radius 1 is 1.55 bits per heavy atom. The summed E-state index contributed by atoms with van der Waals surface area (Å²) in [5.41, 5.74) is 0. The van der Waals surface area contributed by atoms with E-state index in [9.17, 15) is 5.11 Å². The van der Waals surface area contributed by atoms with Crippen molar-refractivity contribution in [2.45, 2.75) is 31.3 Å². The minimum absolute atomic E-state index is 0.0586. The molecule has 1 fully saturated rings. The lowest BCUT2D eigenvalue weighted by Crippen LogP contribution is -2.38. The lowest BCUT2D eigenvalue weighted by molar-refractivity contribution is -0.210. The SMILES string of the molecule is CO[C@H]1C[C@@H](O)C[C@@H](CO)O1. The van der Waals surface area contributed by atoms with Crippen molar-refractivity contribution in [1.82, 2.24) is 0 Å². The lowest BCUT2D eigenvalue weighted by atomic mass is 10.1. The highest BCUT2D eigenvalue weighted by Crippen LogP contribution is 2.19. The summed E-state index contributed by atoms with van der Waals surface area (Å²) < 4.78 is 10.1. The molecule has 4 heteroatoms. The highest BCUT2D eigenvalue weighted by Gasteiger charge is 2.27. The Morgan fingerprint density at radius 2 is 2.27 bits per heavy atom. The van der Waals surface area contributed by atoms with Gasteiger partial charge in [0, 0.05) is 20.0 Å². The van der Waals surface area contributed by atoms with Crippen LogP contribution in [0.2, 0.25) is 0 Å². The lowest BCUT2D eigenvalue weighted by Gasteiger charge is -2.30. The topological polar surface area (TPSA) is 58.9 Å². The fourth-order valence-corrected chi connectivity index (χ4v) is 1.22. The Balaban J connectivity index is 2.37. The van der Waals surface area contributed by atoms with Crippen molar-refractivity contribution in [2.75, 3.05) is 13.7 Å². The number of aliphatic hydroxyl groups is 2. The zero-order valence-electron chi connectivity index (χ0n) is 6.56. The van der Waals surface area contributed by atoms with Gasteiger partial charge in [-0.25, -0.2) is 0 Å². The van der Waals surface area contributed by atoms with Gasteiger partial charge in [0.25, 0.3) is 0 Å². The molecule has 0 amide bonds. The molecule has 0 radical (unpaired) electrons. The summed E-state index contributed by atoms with van der Waals surface area (Å²) >= 11 is 0. The second-order valence-corrected chi connectivity index (χ2v) is 2.73. The van der Waals surface area contributed by atoms with Crippen LogP contribution in [0.1, 0.15) is 12.8 Å². The van der Waals surface area contributed by atoms with Gasteiger partial charge in [-0.05, 0) is 0 Å². The molecule has 0 unspecified atom stereocenters. The van der Waals surface area contributed by atoms with Crippen molar-refractivity contribution < 1.29 is 19.7 Å². The highest BCUT2D eigenvalue weighted by molar-refractivity contribution is 4.72. The molecule has 2 N–H and O–H groups in total. The van der Waals surface area contributed by atoms with Gasteiger partial charge in [0.2, 0.25) is 0 Å². The third-order valence-corrected chi connectivity index (χ3v) is 1.81. The monoisotopic (exact) mass is 162 g/mol. The van der Waals surface area contributed by atoms with E-state index in [0.29, 0.717) is 12.8 Å². The van der Waals surface area contributed by atoms with Crippen LogP contribution in [0.5, 0.6) is 0 Å². The average molecular weight is 162 g/mol. The maximum absolute atomic E-state index is 9.24.